The van der Waals surface area contributed by atoms with E-state index in [-0.39, 0.29) is 0 Å². The first-order valence-corrected chi connectivity index (χ1v) is 4.91. The van der Waals surface area contributed by atoms with Gasteiger partial charge in [-0.15, -0.1) is 0 Å². The molecule has 1 aliphatic carbocycles. The van der Waals surface area contributed by atoms with Gasteiger partial charge in [0, 0.05) is 6.04 Å². The Labute approximate surface area is 69.6 Å². The SMILES string of the molecule is CC1(C)CCC2CNC2CC1. The zero-order valence-electron chi connectivity index (χ0n) is 7.69. The van der Waals surface area contributed by atoms with Gasteiger partial charge < -0.3 is 5.32 Å². The predicted octanol–water partition coefficient (Wildman–Crippen LogP) is 2.17. The molecule has 0 spiro atoms. The molecule has 1 saturated carbocycles. The van der Waals surface area contributed by atoms with Gasteiger partial charge in [-0.1, -0.05) is 13.8 Å². The lowest BCUT2D eigenvalue weighted by Crippen LogP contribution is -2.51. The minimum atomic E-state index is 0.624. The average molecular weight is 153 g/mol. The largest absolute Gasteiger partial charge is 0.313 e. The molecule has 1 nitrogen and oxygen atoms in total. The van der Waals surface area contributed by atoms with Crippen LogP contribution in [0.5, 0.6) is 0 Å². The smallest absolute Gasteiger partial charge is 0.0108 e. The Morgan fingerprint density at radius 1 is 1.18 bits per heavy atom. The first-order valence-electron chi connectivity index (χ1n) is 4.91. The summed E-state index contributed by atoms with van der Waals surface area (Å²) in [7, 11) is 0. The zero-order chi connectivity index (χ0) is 7.90. The molecule has 2 fully saturated rings. The van der Waals surface area contributed by atoms with Gasteiger partial charge in [-0.05, 0) is 43.6 Å². The summed E-state index contributed by atoms with van der Waals surface area (Å²) >= 11 is 0. The molecule has 1 N–H and O–H groups in total. The highest BCUT2D eigenvalue weighted by atomic mass is 15.0. The van der Waals surface area contributed by atoms with E-state index in [9.17, 15) is 0 Å². The molecular weight excluding hydrogens is 134 g/mol. The molecule has 11 heavy (non-hydrogen) atoms. The summed E-state index contributed by atoms with van der Waals surface area (Å²) in [4.78, 5) is 0. The van der Waals surface area contributed by atoms with E-state index in [1.54, 1.807) is 0 Å². The van der Waals surface area contributed by atoms with Crippen LogP contribution in [0.3, 0.4) is 0 Å². The molecule has 1 heteroatoms. The molecule has 0 aromatic carbocycles. The fourth-order valence-corrected chi connectivity index (χ4v) is 2.34. The van der Waals surface area contributed by atoms with E-state index in [0.717, 1.165) is 12.0 Å². The summed E-state index contributed by atoms with van der Waals surface area (Å²) in [6.45, 7) is 6.12. The molecule has 1 saturated heterocycles. The van der Waals surface area contributed by atoms with Gasteiger partial charge in [-0.3, -0.25) is 0 Å². The number of hydrogen-bond donors (Lipinski definition) is 1. The molecular formula is C10H19N. The zero-order valence-corrected chi connectivity index (χ0v) is 7.69. The van der Waals surface area contributed by atoms with Crippen molar-refractivity contribution in [2.75, 3.05) is 6.54 Å². The van der Waals surface area contributed by atoms with Crippen molar-refractivity contribution >= 4 is 0 Å². The number of fused-ring (bicyclic) bond motifs is 1. The van der Waals surface area contributed by atoms with Crippen LogP contribution in [0.1, 0.15) is 39.5 Å². The van der Waals surface area contributed by atoms with Crippen LogP contribution in [0.2, 0.25) is 0 Å². The van der Waals surface area contributed by atoms with Gasteiger partial charge in [0.15, 0.2) is 0 Å². The topological polar surface area (TPSA) is 12.0 Å². The highest BCUT2D eigenvalue weighted by Gasteiger charge is 2.35. The van der Waals surface area contributed by atoms with Gasteiger partial charge in [0.2, 0.25) is 0 Å². The third-order valence-corrected chi connectivity index (χ3v) is 3.54. The second-order valence-electron chi connectivity index (χ2n) is 5.02. The molecule has 1 heterocycles. The minimum absolute atomic E-state index is 0.624. The van der Waals surface area contributed by atoms with Gasteiger partial charge in [0.05, 0.1) is 0 Å². The van der Waals surface area contributed by atoms with Crippen molar-refractivity contribution in [1.82, 2.24) is 5.32 Å². The third-order valence-electron chi connectivity index (χ3n) is 3.54. The minimum Gasteiger partial charge on any atom is -0.313 e. The molecule has 2 rings (SSSR count). The Kier molecular flexibility index (Phi) is 1.71. The van der Waals surface area contributed by atoms with Crippen LogP contribution >= 0.6 is 0 Å². The number of nitrogens with one attached hydrogen (secondary N) is 1. The van der Waals surface area contributed by atoms with Crippen molar-refractivity contribution in [1.29, 1.82) is 0 Å². The number of rotatable bonds is 0. The Bertz CT molecular complexity index is 135. The Hall–Kier alpha value is -0.0400. The van der Waals surface area contributed by atoms with Crippen LogP contribution in [-0.4, -0.2) is 12.6 Å². The maximum absolute atomic E-state index is 3.53. The lowest BCUT2D eigenvalue weighted by molar-refractivity contribution is 0.219. The van der Waals surface area contributed by atoms with Crippen molar-refractivity contribution in [3.63, 3.8) is 0 Å². The van der Waals surface area contributed by atoms with Crippen LogP contribution in [0.25, 0.3) is 0 Å². The van der Waals surface area contributed by atoms with Crippen molar-refractivity contribution < 1.29 is 0 Å². The summed E-state index contributed by atoms with van der Waals surface area (Å²) in [6.07, 6.45) is 5.74. The van der Waals surface area contributed by atoms with E-state index in [2.05, 4.69) is 19.2 Å². The van der Waals surface area contributed by atoms with E-state index in [0.29, 0.717) is 5.41 Å². The van der Waals surface area contributed by atoms with E-state index in [4.69, 9.17) is 0 Å². The molecule has 0 aromatic rings. The Morgan fingerprint density at radius 3 is 2.55 bits per heavy atom. The number of hydrogen-bond acceptors (Lipinski definition) is 1. The summed E-state index contributed by atoms with van der Waals surface area (Å²) < 4.78 is 0. The molecule has 0 bridgehead atoms. The first-order chi connectivity index (χ1) is 5.17. The van der Waals surface area contributed by atoms with Gasteiger partial charge in [0.25, 0.3) is 0 Å². The Morgan fingerprint density at radius 2 is 1.91 bits per heavy atom. The quantitative estimate of drug-likeness (QED) is 0.562. The molecule has 2 unspecified atom stereocenters. The van der Waals surface area contributed by atoms with Gasteiger partial charge in [0.1, 0.15) is 0 Å². The molecule has 0 radical (unpaired) electrons. The van der Waals surface area contributed by atoms with Crippen molar-refractivity contribution in [3.05, 3.63) is 0 Å². The normalized spacial score (nSPS) is 42.0. The monoisotopic (exact) mass is 153 g/mol. The molecule has 0 amide bonds. The maximum Gasteiger partial charge on any atom is 0.0108 e. The standard InChI is InChI=1S/C10H19N/c1-10(2)5-3-8-7-11-9(8)4-6-10/h8-9,11H,3-7H2,1-2H3. The molecule has 0 aromatic heterocycles. The van der Waals surface area contributed by atoms with E-state index >= 15 is 0 Å². The van der Waals surface area contributed by atoms with E-state index in [1.807, 2.05) is 0 Å². The van der Waals surface area contributed by atoms with Crippen molar-refractivity contribution in [2.45, 2.75) is 45.6 Å². The third kappa shape index (κ3) is 1.44. The van der Waals surface area contributed by atoms with Crippen LogP contribution in [0, 0.1) is 11.3 Å². The van der Waals surface area contributed by atoms with E-state index < -0.39 is 0 Å². The maximum atomic E-state index is 3.53. The lowest BCUT2D eigenvalue weighted by atomic mass is 9.85. The second-order valence-corrected chi connectivity index (χ2v) is 5.02. The highest BCUT2D eigenvalue weighted by Crippen LogP contribution is 2.38. The van der Waals surface area contributed by atoms with Gasteiger partial charge in [-0.25, -0.2) is 0 Å². The molecule has 2 aliphatic rings. The lowest BCUT2D eigenvalue weighted by Gasteiger charge is -2.36. The summed E-state index contributed by atoms with van der Waals surface area (Å²) in [6, 6.07) is 0.886. The summed E-state index contributed by atoms with van der Waals surface area (Å²) in [5.41, 5.74) is 0.624. The summed E-state index contributed by atoms with van der Waals surface area (Å²) in [5, 5.41) is 3.53. The predicted molar refractivity (Wildman–Crippen MR) is 47.5 cm³/mol. The van der Waals surface area contributed by atoms with Gasteiger partial charge in [-0.2, -0.15) is 0 Å². The van der Waals surface area contributed by atoms with Crippen LogP contribution in [-0.2, 0) is 0 Å². The molecule has 64 valence electrons. The highest BCUT2D eigenvalue weighted by molar-refractivity contribution is 4.92. The van der Waals surface area contributed by atoms with Crippen LogP contribution in [0.15, 0.2) is 0 Å². The first kappa shape index (κ1) is 7.60. The second kappa shape index (κ2) is 2.48. The van der Waals surface area contributed by atoms with E-state index in [1.165, 1.54) is 32.2 Å². The van der Waals surface area contributed by atoms with Crippen LogP contribution in [0.4, 0.5) is 0 Å². The fourth-order valence-electron chi connectivity index (χ4n) is 2.34. The Balaban J connectivity index is 1.97. The summed E-state index contributed by atoms with van der Waals surface area (Å²) in [5.74, 6) is 1.02. The van der Waals surface area contributed by atoms with Crippen LogP contribution < -0.4 is 5.32 Å². The van der Waals surface area contributed by atoms with Crippen molar-refractivity contribution in [2.24, 2.45) is 11.3 Å². The van der Waals surface area contributed by atoms with Crippen molar-refractivity contribution in [3.8, 4) is 0 Å². The molecule has 1 aliphatic heterocycles. The fraction of sp³-hybridized carbons (Fsp3) is 1.00. The average Bonchev–Trinajstić information content (AvgIpc) is 1.91. The molecule has 2 atom stereocenters. The van der Waals surface area contributed by atoms with Gasteiger partial charge >= 0.3 is 0 Å².